The lowest BCUT2D eigenvalue weighted by Gasteiger charge is -2.15. The molecule has 0 saturated heterocycles. The van der Waals surface area contributed by atoms with Crippen LogP contribution in [0, 0.1) is 18.5 Å². The van der Waals surface area contributed by atoms with E-state index in [-0.39, 0.29) is 5.41 Å². The average molecular weight is 262 g/mol. The van der Waals surface area contributed by atoms with Gasteiger partial charge in [0.05, 0.1) is 0 Å². The molecule has 0 saturated carbocycles. The monoisotopic (exact) mass is 262 g/mol. The standard InChI is InChI=1S/C13H18N4S/c1-8-6-9(2)15-12(14-8)17-11(18)7-10(16-17)13(3,4)5/h6-7,16H,1-5H3. The molecule has 0 radical (unpaired) electrons. The van der Waals surface area contributed by atoms with Gasteiger partial charge in [0.15, 0.2) is 0 Å². The second-order valence-electron chi connectivity index (χ2n) is 5.54. The second kappa shape index (κ2) is 4.31. The maximum absolute atomic E-state index is 5.36. The van der Waals surface area contributed by atoms with E-state index in [1.54, 1.807) is 4.68 Å². The van der Waals surface area contributed by atoms with Gasteiger partial charge in [0.1, 0.15) is 4.64 Å². The highest BCUT2D eigenvalue weighted by atomic mass is 32.1. The van der Waals surface area contributed by atoms with Crippen molar-refractivity contribution in [2.45, 2.75) is 40.0 Å². The van der Waals surface area contributed by atoms with E-state index in [0.717, 1.165) is 17.1 Å². The lowest BCUT2D eigenvalue weighted by molar-refractivity contribution is 0.558. The predicted molar refractivity (Wildman–Crippen MR) is 74.7 cm³/mol. The highest BCUT2D eigenvalue weighted by Crippen LogP contribution is 2.21. The van der Waals surface area contributed by atoms with E-state index in [1.165, 1.54) is 0 Å². The van der Waals surface area contributed by atoms with Crippen molar-refractivity contribution in [1.82, 2.24) is 19.7 Å². The molecule has 96 valence electrons. The summed E-state index contributed by atoms with van der Waals surface area (Å²) in [6, 6.07) is 3.91. The zero-order valence-electron chi connectivity index (χ0n) is 11.4. The molecule has 2 aromatic heterocycles. The largest absolute Gasteiger partial charge is 0.294 e. The van der Waals surface area contributed by atoms with Crippen LogP contribution in [-0.4, -0.2) is 19.7 Å². The summed E-state index contributed by atoms with van der Waals surface area (Å²) in [6.45, 7) is 10.3. The topological polar surface area (TPSA) is 46.5 Å². The van der Waals surface area contributed by atoms with Crippen molar-refractivity contribution in [3.8, 4) is 5.95 Å². The van der Waals surface area contributed by atoms with Crippen LogP contribution in [0.15, 0.2) is 12.1 Å². The minimum atomic E-state index is 0.0255. The Hall–Kier alpha value is -1.49. The van der Waals surface area contributed by atoms with Gasteiger partial charge in [-0.1, -0.05) is 33.0 Å². The summed E-state index contributed by atoms with van der Waals surface area (Å²) < 4.78 is 2.46. The molecule has 0 spiro atoms. The second-order valence-corrected chi connectivity index (χ2v) is 5.96. The summed E-state index contributed by atoms with van der Waals surface area (Å²) in [5.41, 5.74) is 2.98. The number of hydrogen-bond donors (Lipinski definition) is 1. The fraction of sp³-hybridized carbons (Fsp3) is 0.462. The van der Waals surface area contributed by atoms with Gasteiger partial charge >= 0.3 is 0 Å². The quantitative estimate of drug-likeness (QED) is 0.803. The zero-order chi connectivity index (χ0) is 13.5. The molecule has 0 fully saturated rings. The highest BCUT2D eigenvalue weighted by Gasteiger charge is 2.17. The predicted octanol–water partition coefficient (Wildman–Crippen LogP) is 3.24. The van der Waals surface area contributed by atoms with Crippen molar-refractivity contribution in [2.24, 2.45) is 0 Å². The normalized spacial score (nSPS) is 11.8. The van der Waals surface area contributed by atoms with Crippen LogP contribution in [0.5, 0.6) is 0 Å². The summed E-state index contributed by atoms with van der Waals surface area (Å²) in [7, 11) is 0. The first-order chi connectivity index (χ1) is 8.27. The van der Waals surface area contributed by atoms with Crippen molar-refractivity contribution in [3.63, 3.8) is 0 Å². The molecule has 4 nitrogen and oxygen atoms in total. The van der Waals surface area contributed by atoms with Crippen molar-refractivity contribution in [1.29, 1.82) is 0 Å². The lowest BCUT2D eigenvalue weighted by Crippen LogP contribution is -2.13. The van der Waals surface area contributed by atoms with Gasteiger partial charge in [-0.25, -0.2) is 14.6 Å². The lowest BCUT2D eigenvalue weighted by atomic mass is 9.93. The molecule has 1 N–H and O–H groups in total. The van der Waals surface area contributed by atoms with Gasteiger partial charge in [-0.2, -0.15) is 0 Å². The third kappa shape index (κ3) is 2.51. The Balaban J connectivity index is 2.58. The zero-order valence-corrected chi connectivity index (χ0v) is 12.2. The summed E-state index contributed by atoms with van der Waals surface area (Å²) >= 11 is 5.36. The third-order valence-corrected chi connectivity index (χ3v) is 3.00. The van der Waals surface area contributed by atoms with Crippen LogP contribution in [0.1, 0.15) is 37.9 Å². The van der Waals surface area contributed by atoms with Crippen LogP contribution in [0.3, 0.4) is 0 Å². The molecular formula is C13H18N4S. The Kier molecular flexibility index (Phi) is 3.11. The van der Waals surface area contributed by atoms with Crippen LogP contribution in [0.4, 0.5) is 0 Å². The molecule has 0 aromatic carbocycles. The number of nitrogens with zero attached hydrogens (tertiary/aromatic N) is 3. The van der Waals surface area contributed by atoms with Crippen molar-refractivity contribution in [3.05, 3.63) is 33.9 Å². The van der Waals surface area contributed by atoms with Crippen molar-refractivity contribution >= 4 is 12.2 Å². The fourth-order valence-corrected chi connectivity index (χ4v) is 1.98. The highest BCUT2D eigenvalue weighted by molar-refractivity contribution is 7.71. The van der Waals surface area contributed by atoms with Crippen molar-refractivity contribution in [2.75, 3.05) is 0 Å². The Morgan fingerprint density at radius 2 is 1.67 bits per heavy atom. The van der Waals surface area contributed by atoms with Gasteiger partial charge in [0.2, 0.25) is 0 Å². The first kappa shape index (κ1) is 13.0. The minimum Gasteiger partial charge on any atom is -0.294 e. The molecular weight excluding hydrogens is 244 g/mol. The number of H-pyrrole nitrogens is 1. The van der Waals surface area contributed by atoms with Gasteiger partial charge in [0, 0.05) is 22.5 Å². The Bertz CT molecular complexity index is 611. The van der Waals surface area contributed by atoms with E-state index >= 15 is 0 Å². The van der Waals surface area contributed by atoms with Gasteiger partial charge in [-0.05, 0) is 26.0 Å². The van der Waals surface area contributed by atoms with Crippen LogP contribution in [-0.2, 0) is 5.41 Å². The Morgan fingerprint density at radius 1 is 1.11 bits per heavy atom. The van der Waals surface area contributed by atoms with E-state index in [1.807, 2.05) is 26.0 Å². The molecule has 2 rings (SSSR count). The summed E-state index contributed by atoms with van der Waals surface area (Å²) in [5.74, 6) is 0.605. The molecule has 0 unspecified atom stereocenters. The molecule has 18 heavy (non-hydrogen) atoms. The summed E-state index contributed by atoms with van der Waals surface area (Å²) in [5, 5.41) is 3.28. The number of hydrogen-bond acceptors (Lipinski definition) is 3. The number of rotatable bonds is 1. The molecule has 5 heteroatoms. The Labute approximate surface area is 112 Å². The Morgan fingerprint density at radius 3 is 2.11 bits per heavy atom. The summed E-state index contributed by atoms with van der Waals surface area (Å²) in [6.07, 6.45) is 0. The first-order valence-corrected chi connectivity index (χ1v) is 6.33. The summed E-state index contributed by atoms with van der Waals surface area (Å²) in [4.78, 5) is 8.83. The number of aromatic nitrogens is 4. The van der Waals surface area contributed by atoms with Crippen LogP contribution in [0.25, 0.3) is 5.95 Å². The van der Waals surface area contributed by atoms with Gasteiger partial charge in [0.25, 0.3) is 5.95 Å². The van der Waals surface area contributed by atoms with E-state index in [4.69, 9.17) is 12.2 Å². The molecule has 0 atom stereocenters. The van der Waals surface area contributed by atoms with Gasteiger partial charge in [-0.15, -0.1) is 0 Å². The maximum Gasteiger partial charge on any atom is 0.250 e. The molecule has 0 bridgehead atoms. The van der Waals surface area contributed by atoms with Gasteiger partial charge in [-0.3, -0.25) is 5.10 Å². The molecule has 0 aliphatic heterocycles. The van der Waals surface area contributed by atoms with Crippen LogP contribution in [0.2, 0.25) is 0 Å². The number of aromatic amines is 1. The SMILES string of the molecule is Cc1cc(C)nc(-n2[nH]c(C(C)(C)C)cc2=S)n1. The van der Waals surface area contributed by atoms with E-state index in [2.05, 4.69) is 35.8 Å². The molecule has 0 amide bonds. The van der Waals surface area contributed by atoms with Gasteiger partial charge < -0.3 is 0 Å². The molecule has 0 aliphatic carbocycles. The van der Waals surface area contributed by atoms with Crippen LogP contribution < -0.4 is 0 Å². The van der Waals surface area contributed by atoms with E-state index < -0.39 is 0 Å². The third-order valence-electron chi connectivity index (χ3n) is 2.70. The molecule has 2 aromatic rings. The van der Waals surface area contributed by atoms with Crippen molar-refractivity contribution < 1.29 is 0 Å². The number of nitrogens with one attached hydrogen (secondary N) is 1. The molecule has 2 heterocycles. The van der Waals surface area contributed by atoms with Crippen LogP contribution >= 0.6 is 12.2 Å². The number of aryl methyl sites for hydroxylation is 2. The first-order valence-electron chi connectivity index (χ1n) is 5.92. The molecule has 0 aliphatic rings. The minimum absolute atomic E-state index is 0.0255. The van der Waals surface area contributed by atoms with E-state index in [0.29, 0.717) is 10.6 Å². The van der Waals surface area contributed by atoms with E-state index in [9.17, 15) is 0 Å². The average Bonchev–Trinajstić information content (AvgIpc) is 2.58. The smallest absolute Gasteiger partial charge is 0.250 e. The maximum atomic E-state index is 5.36. The fourth-order valence-electron chi connectivity index (χ4n) is 1.74.